The highest BCUT2D eigenvalue weighted by atomic mass is 16.5. The third-order valence-electron chi connectivity index (χ3n) is 5.57. The van der Waals surface area contributed by atoms with Crippen LogP contribution in [0.1, 0.15) is 31.2 Å². The number of ether oxygens (including phenoxy) is 1. The Morgan fingerprint density at radius 1 is 1.04 bits per heavy atom. The van der Waals surface area contributed by atoms with Crippen LogP contribution in [0.5, 0.6) is 0 Å². The van der Waals surface area contributed by atoms with E-state index in [9.17, 15) is 0 Å². The zero-order chi connectivity index (χ0) is 15.9. The lowest BCUT2D eigenvalue weighted by molar-refractivity contribution is 0.0243. The van der Waals surface area contributed by atoms with E-state index in [2.05, 4.69) is 47.2 Å². The van der Waals surface area contributed by atoms with Crippen molar-refractivity contribution in [2.24, 2.45) is 5.92 Å². The van der Waals surface area contributed by atoms with Crippen molar-refractivity contribution in [2.75, 3.05) is 46.4 Å². The van der Waals surface area contributed by atoms with E-state index in [-0.39, 0.29) is 0 Å². The maximum Gasteiger partial charge on any atom is 0.0480 e. The Balaban J connectivity index is 1.56. The molecule has 2 heterocycles. The molecule has 0 saturated carbocycles. The Labute approximate surface area is 141 Å². The molecule has 0 spiro atoms. The highest BCUT2D eigenvalue weighted by Crippen LogP contribution is 2.22. The summed E-state index contributed by atoms with van der Waals surface area (Å²) < 4.78 is 5.58. The number of nitrogens with zero attached hydrogens (tertiary/aromatic N) is 2. The predicted molar refractivity (Wildman–Crippen MR) is 95.8 cm³/mol. The average Bonchev–Trinajstić information content (AvgIpc) is 2.62. The van der Waals surface area contributed by atoms with Crippen LogP contribution in [-0.4, -0.2) is 62.3 Å². The van der Waals surface area contributed by atoms with Gasteiger partial charge in [-0.15, -0.1) is 0 Å². The number of hydrogen-bond acceptors (Lipinski definition) is 3. The Morgan fingerprint density at radius 2 is 1.74 bits per heavy atom. The van der Waals surface area contributed by atoms with Crippen molar-refractivity contribution in [1.29, 1.82) is 0 Å². The summed E-state index contributed by atoms with van der Waals surface area (Å²) >= 11 is 0. The van der Waals surface area contributed by atoms with E-state index in [0.717, 1.165) is 25.2 Å². The van der Waals surface area contributed by atoms with E-state index in [1.54, 1.807) is 0 Å². The summed E-state index contributed by atoms with van der Waals surface area (Å²) in [5.41, 5.74) is 1.47. The summed E-state index contributed by atoms with van der Waals surface area (Å²) in [6.07, 6.45) is 6.32. The van der Waals surface area contributed by atoms with Crippen molar-refractivity contribution >= 4 is 0 Å². The van der Waals surface area contributed by atoms with Crippen LogP contribution in [0.4, 0.5) is 0 Å². The van der Waals surface area contributed by atoms with Crippen LogP contribution in [0.3, 0.4) is 0 Å². The van der Waals surface area contributed by atoms with Gasteiger partial charge in [0.1, 0.15) is 0 Å². The first kappa shape index (κ1) is 16.9. The van der Waals surface area contributed by atoms with Crippen LogP contribution in [-0.2, 0) is 11.2 Å². The third kappa shape index (κ3) is 5.30. The molecule has 128 valence electrons. The standard InChI is InChI=1S/C20H32N2O/c1-21-12-7-19(8-13-21)17-22(20-10-15-23-16-11-20)14-9-18-5-3-2-4-6-18/h2-6,19-20H,7-17H2,1H3. The van der Waals surface area contributed by atoms with Crippen LogP contribution in [0, 0.1) is 5.92 Å². The highest BCUT2D eigenvalue weighted by molar-refractivity contribution is 5.14. The zero-order valence-electron chi connectivity index (χ0n) is 14.6. The average molecular weight is 316 g/mol. The molecule has 0 bridgehead atoms. The van der Waals surface area contributed by atoms with Gasteiger partial charge in [0.2, 0.25) is 0 Å². The van der Waals surface area contributed by atoms with Crippen LogP contribution in [0.25, 0.3) is 0 Å². The lowest BCUT2D eigenvalue weighted by Gasteiger charge is -2.38. The van der Waals surface area contributed by atoms with Crippen molar-refractivity contribution in [3.8, 4) is 0 Å². The van der Waals surface area contributed by atoms with Gasteiger partial charge in [-0.1, -0.05) is 30.3 Å². The van der Waals surface area contributed by atoms with E-state index in [1.807, 2.05) is 0 Å². The van der Waals surface area contributed by atoms with Crippen LogP contribution < -0.4 is 0 Å². The Morgan fingerprint density at radius 3 is 2.43 bits per heavy atom. The molecule has 0 aromatic heterocycles. The maximum absolute atomic E-state index is 5.58. The van der Waals surface area contributed by atoms with Crippen LogP contribution >= 0.6 is 0 Å². The van der Waals surface area contributed by atoms with Crippen molar-refractivity contribution in [1.82, 2.24) is 9.80 Å². The van der Waals surface area contributed by atoms with Gasteiger partial charge in [0.15, 0.2) is 0 Å². The Bertz CT molecular complexity index is 436. The second-order valence-electron chi connectivity index (χ2n) is 7.32. The van der Waals surface area contributed by atoms with E-state index in [1.165, 1.54) is 63.8 Å². The van der Waals surface area contributed by atoms with Gasteiger partial charge in [-0.05, 0) is 63.7 Å². The van der Waals surface area contributed by atoms with Crippen LogP contribution in [0.2, 0.25) is 0 Å². The molecule has 0 aliphatic carbocycles. The lowest BCUT2D eigenvalue weighted by atomic mass is 9.94. The fourth-order valence-electron chi connectivity index (χ4n) is 3.97. The summed E-state index contributed by atoms with van der Waals surface area (Å²) in [7, 11) is 2.25. The van der Waals surface area contributed by atoms with Gasteiger partial charge in [0, 0.05) is 32.3 Å². The quantitative estimate of drug-likeness (QED) is 0.802. The number of likely N-dealkylation sites (tertiary alicyclic amines) is 1. The summed E-state index contributed by atoms with van der Waals surface area (Å²) in [5, 5.41) is 0. The first-order valence-electron chi connectivity index (χ1n) is 9.35. The molecule has 1 aromatic rings. The predicted octanol–water partition coefficient (Wildman–Crippen LogP) is 3.05. The summed E-state index contributed by atoms with van der Waals surface area (Å²) in [4.78, 5) is 5.25. The molecule has 2 fully saturated rings. The topological polar surface area (TPSA) is 15.7 Å². The summed E-state index contributed by atoms with van der Waals surface area (Å²) in [6.45, 7) is 6.90. The zero-order valence-corrected chi connectivity index (χ0v) is 14.6. The molecule has 23 heavy (non-hydrogen) atoms. The van der Waals surface area contributed by atoms with Crippen molar-refractivity contribution in [3.63, 3.8) is 0 Å². The fraction of sp³-hybridized carbons (Fsp3) is 0.700. The van der Waals surface area contributed by atoms with Crippen molar-refractivity contribution in [3.05, 3.63) is 35.9 Å². The minimum Gasteiger partial charge on any atom is -0.381 e. The first-order chi connectivity index (χ1) is 11.3. The molecule has 0 unspecified atom stereocenters. The van der Waals surface area contributed by atoms with Gasteiger partial charge >= 0.3 is 0 Å². The van der Waals surface area contributed by atoms with E-state index >= 15 is 0 Å². The van der Waals surface area contributed by atoms with Crippen LogP contribution in [0.15, 0.2) is 30.3 Å². The minimum atomic E-state index is 0.729. The summed E-state index contributed by atoms with van der Waals surface area (Å²) in [5.74, 6) is 0.879. The SMILES string of the molecule is CN1CCC(CN(CCc2ccccc2)C2CCOCC2)CC1. The minimum absolute atomic E-state index is 0.729. The second-order valence-corrected chi connectivity index (χ2v) is 7.32. The molecule has 2 aliphatic heterocycles. The molecule has 2 saturated heterocycles. The van der Waals surface area contributed by atoms with Crippen molar-refractivity contribution in [2.45, 2.75) is 38.1 Å². The lowest BCUT2D eigenvalue weighted by Crippen LogP contribution is -2.45. The van der Waals surface area contributed by atoms with E-state index in [0.29, 0.717) is 0 Å². The van der Waals surface area contributed by atoms with Gasteiger partial charge in [-0.25, -0.2) is 0 Å². The Kier molecular flexibility index (Phi) is 6.49. The normalized spacial score (nSPS) is 21.8. The largest absolute Gasteiger partial charge is 0.381 e. The molecule has 0 radical (unpaired) electrons. The smallest absolute Gasteiger partial charge is 0.0480 e. The van der Waals surface area contributed by atoms with Crippen molar-refractivity contribution < 1.29 is 4.74 Å². The van der Waals surface area contributed by atoms with Gasteiger partial charge in [0.25, 0.3) is 0 Å². The Hall–Kier alpha value is -0.900. The van der Waals surface area contributed by atoms with Gasteiger partial charge in [0.05, 0.1) is 0 Å². The molecule has 1 aromatic carbocycles. The molecular weight excluding hydrogens is 284 g/mol. The van der Waals surface area contributed by atoms with Gasteiger partial charge < -0.3 is 9.64 Å². The van der Waals surface area contributed by atoms with Gasteiger partial charge in [-0.3, -0.25) is 4.90 Å². The number of piperidine rings is 1. The number of benzene rings is 1. The third-order valence-corrected chi connectivity index (χ3v) is 5.57. The second kappa shape index (κ2) is 8.81. The monoisotopic (exact) mass is 316 g/mol. The molecular formula is C20H32N2O. The molecule has 0 amide bonds. The maximum atomic E-state index is 5.58. The first-order valence-corrected chi connectivity index (χ1v) is 9.35. The van der Waals surface area contributed by atoms with Gasteiger partial charge in [-0.2, -0.15) is 0 Å². The molecule has 0 N–H and O–H groups in total. The van der Waals surface area contributed by atoms with E-state index in [4.69, 9.17) is 4.74 Å². The number of hydrogen-bond donors (Lipinski definition) is 0. The molecule has 0 atom stereocenters. The number of rotatable bonds is 6. The fourth-order valence-corrected chi connectivity index (χ4v) is 3.97. The molecule has 3 rings (SSSR count). The van der Waals surface area contributed by atoms with E-state index < -0.39 is 0 Å². The molecule has 2 aliphatic rings. The molecule has 3 heteroatoms. The molecule has 3 nitrogen and oxygen atoms in total. The summed E-state index contributed by atoms with van der Waals surface area (Å²) in [6, 6.07) is 11.7. The highest BCUT2D eigenvalue weighted by Gasteiger charge is 2.25.